The SMILES string of the molecule is CC(C)=CCCC1(C)/C=C\C(OC(=O)C=C(C)C)C2(C)OC2C(C)(C)C(=O)/C(C(C)(C)O)=C\C1(C)C. The van der Waals surface area contributed by atoms with Gasteiger partial charge in [-0.1, -0.05) is 50.1 Å². The van der Waals surface area contributed by atoms with Gasteiger partial charge < -0.3 is 14.6 Å². The second kappa shape index (κ2) is 10.1. The average molecular weight is 501 g/mol. The van der Waals surface area contributed by atoms with Crippen molar-refractivity contribution in [3.8, 4) is 0 Å². The summed E-state index contributed by atoms with van der Waals surface area (Å²) in [7, 11) is 0. The lowest BCUT2D eigenvalue weighted by atomic mass is 9.62. The molecule has 5 heteroatoms. The highest BCUT2D eigenvalue weighted by Crippen LogP contribution is 2.54. The molecule has 4 unspecified atom stereocenters. The van der Waals surface area contributed by atoms with Crippen LogP contribution in [0.1, 0.15) is 95.9 Å². The minimum atomic E-state index is -1.33. The van der Waals surface area contributed by atoms with Gasteiger partial charge in [-0.05, 0) is 92.1 Å². The fraction of sp³-hybridized carbons (Fsp3) is 0.677. The van der Waals surface area contributed by atoms with E-state index >= 15 is 0 Å². The van der Waals surface area contributed by atoms with Crippen LogP contribution in [0.4, 0.5) is 0 Å². The van der Waals surface area contributed by atoms with E-state index in [1.54, 1.807) is 13.8 Å². The molecule has 2 rings (SSSR count). The van der Waals surface area contributed by atoms with Gasteiger partial charge in [-0.2, -0.15) is 0 Å². The summed E-state index contributed by atoms with van der Waals surface area (Å²) in [5.74, 6) is -0.584. The first kappa shape index (κ1) is 30.2. The van der Waals surface area contributed by atoms with Gasteiger partial charge in [0.15, 0.2) is 11.9 Å². The van der Waals surface area contributed by atoms with Crippen LogP contribution in [-0.4, -0.2) is 40.3 Å². The van der Waals surface area contributed by atoms with Gasteiger partial charge in [0, 0.05) is 11.6 Å². The molecule has 1 heterocycles. The highest BCUT2D eigenvalue weighted by Gasteiger charge is 2.67. The van der Waals surface area contributed by atoms with Crippen LogP contribution in [0.2, 0.25) is 0 Å². The Bertz CT molecular complexity index is 992. The Morgan fingerprint density at radius 1 is 1.08 bits per heavy atom. The Morgan fingerprint density at radius 2 is 1.67 bits per heavy atom. The standard InChI is InChI=1S/C31H48O5/c1-20(2)14-13-16-30(11)17-15-23(35-24(32)18-21(3)4)31(12)26(36-31)28(7,8)25(33)22(29(9,10)34)19-27(30,5)6/h14-15,17-19,23,26,34H,13,16H2,1-12H3/b17-15-,22-19+. The van der Waals surface area contributed by atoms with Crippen molar-refractivity contribution in [1.82, 2.24) is 0 Å². The van der Waals surface area contributed by atoms with Crippen LogP contribution in [-0.2, 0) is 19.1 Å². The molecular weight excluding hydrogens is 452 g/mol. The minimum Gasteiger partial charge on any atom is -0.452 e. The van der Waals surface area contributed by atoms with Gasteiger partial charge >= 0.3 is 5.97 Å². The summed E-state index contributed by atoms with van der Waals surface area (Å²) in [5.41, 5.74) is -1.55. The number of allylic oxidation sites excluding steroid dienone is 5. The van der Waals surface area contributed by atoms with Crippen LogP contribution in [0, 0.1) is 16.2 Å². The number of ketones is 1. The molecule has 0 amide bonds. The van der Waals surface area contributed by atoms with E-state index in [1.807, 2.05) is 46.8 Å². The number of hydrogen-bond acceptors (Lipinski definition) is 5. The molecule has 1 aliphatic heterocycles. The number of aliphatic hydroxyl groups is 1. The summed E-state index contributed by atoms with van der Waals surface area (Å²) < 4.78 is 12.1. The number of esters is 1. The van der Waals surface area contributed by atoms with E-state index in [9.17, 15) is 14.7 Å². The Kier molecular flexibility index (Phi) is 8.45. The molecule has 1 fully saturated rings. The van der Waals surface area contributed by atoms with Crippen molar-refractivity contribution in [2.24, 2.45) is 16.2 Å². The lowest BCUT2D eigenvalue weighted by molar-refractivity contribution is -0.143. The maximum absolute atomic E-state index is 14.0. The number of fused-ring (bicyclic) bond motifs is 1. The average Bonchev–Trinajstić information content (AvgIpc) is 3.40. The largest absolute Gasteiger partial charge is 0.452 e. The summed E-state index contributed by atoms with van der Waals surface area (Å²) in [6.45, 7) is 23.2. The van der Waals surface area contributed by atoms with Gasteiger partial charge in [0.05, 0.1) is 11.0 Å². The van der Waals surface area contributed by atoms with Gasteiger partial charge in [-0.15, -0.1) is 0 Å². The van der Waals surface area contributed by atoms with Crippen LogP contribution in [0.3, 0.4) is 0 Å². The molecule has 0 aromatic carbocycles. The summed E-state index contributed by atoms with van der Waals surface area (Å²) in [4.78, 5) is 26.7. The maximum Gasteiger partial charge on any atom is 0.331 e. The third-order valence-corrected chi connectivity index (χ3v) is 8.03. The zero-order chi connectivity index (χ0) is 27.9. The summed E-state index contributed by atoms with van der Waals surface area (Å²) in [5, 5.41) is 11.1. The molecular formula is C31H48O5. The zero-order valence-electron chi connectivity index (χ0n) is 24.5. The monoisotopic (exact) mass is 500 g/mol. The van der Waals surface area contributed by atoms with Gasteiger partial charge in [-0.3, -0.25) is 4.79 Å². The lowest BCUT2D eigenvalue weighted by Gasteiger charge is -2.42. The van der Waals surface area contributed by atoms with E-state index in [4.69, 9.17) is 9.47 Å². The number of epoxide rings is 1. The number of ether oxygens (including phenoxy) is 2. The molecule has 36 heavy (non-hydrogen) atoms. The number of rotatable bonds is 6. The van der Waals surface area contributed by atoms with Gasteiger partial charge in [0.2, 0.25) is 0 Å². The first-order valence-corrected chi connectivity index (χ1v) is 13.0. The molecule has 0 aromatic heterocycles. The molecule has 4 atom stereocenters. The third-order valence-electron chi connectivity index (χ3n) is 8.03. The Morgan fingerprint density at radius 3 is 2.17 bits per heavy atom. The van der Waals surface area contributed by atoms with E-state index < -0.39 is 45.6 Å². The molecule has 5 nitrogen and oxygen atoms in total. The Labute approximate surface area is 218 Å². The Hall–Kier alpha value is -1.98. The molecule has 0 spiro atoms. The van der Waals surface area contributed by atoms with E-state index in [0.29, 0.717) is 5.57 Å². The number of carbonyl (C=O) groups is 2. The van der Waals surface area contributed by atoms with Crippen LogP contribution in [0.15, 0.2) is 47.1 Å². The first-order valence-electron chi connectivity index (χ1n) is 13.0. The minimum absolute atomic E-state index is 0.153. The van der Waals surface area contributed by atoms with Crippen LogP contribution in [0.5, 0.6) is 0 Å². The summed E-state index contributed by atoms with van der Waals surface area (Å²) >= 11 is 0. The van der Waals surface area contributed by atoms with E-state index in [2.05, 4.69) is 46.8 Å². The number of carbonyl (C=O) groups excluding carboxylic acids is 2. The van der Waals surface area contributed by atoms with E-state index in [0.717, 1.165) is 18.4 Å². The highest BCUT2D eigenvalue weighted by molar-refractivity contribution is 6.02. The molecule has 0 radical (unpaired) electrons. The predicted molar refractivity (Wildman–Crippen MR) is 145 cm³/mol. The normalized spacial score (nSPS) is 33.7. The predicted octanol–water partition coefficient (Wildman–Crippen LogP) is 6.66. The van der Waals surface area contributed by atoms with Crippen molar-refractivity contribution in [2.45, 2.75) is 119 Å². The summed E-state index contributed by atoms with van der Waals surface area (Å²) in [6, 6.07) is 0. The van der Waals surface area contributed by atoms with Gasteiger partial charge in [-0.25, -0.2) is 4.79 Å². The fourth-order valence-corrected chi connectivity index (χ4v) is 5.13. The lowest BCUT2D eigenvalue weighted by Crippen LogP contribution is -2.43. The molecule has 1 N–H and O–H groups in total. The van der Waals surface area contributed by atoms with Crippen molar-refractivity contribution < 1.29 is 24.2 Å². The second-order valence-electron chi connectivity index (χ2n) is 13.2. The number of hydrogen-bond donors (Lipinski definition) is 1. The third kappa shape index (κ3) is 6.28. The van der Waals surface area contributed by atoms with Crippen molar-refractivity contribution in [3.05, 3.63) is 47.1 Å². The summed E-state index contributed by atoms with van der Waals surface area (Å²) in [6.07, 6.45) is 10.2. The zero-order valence-corrected chi connectivity index (χ0v) is 24.5. The Balaban J connectivity index is 2.75. The van der Waals surface area contributed by atoms with Crippen molar-refractivity contribution in [3.63, 3.8) is 0 Å². The van der Waals surface area contributed by atoms with Gasteiger partial charge in [0.1, 0.15) is 11.7 Å². The second-order valence-corrected chi connectivity index (χ2v) is 13.2. The first-order chi connectivity index (χ1) is 16.2. The molecule has 1 aliphatic carbocycles. The molecule has 2 aliphatic rings. The molecule has 0 saturated carbocycles. The van der Waals surface area contributed by atoms with Crippen LogP contribution >= 0.6 is 0 Å². The number of Topliss-reactive ketones (excluding diaryl/α,β-unsaturated/α-hetero) is 1. The molecule has 0 aromatic rings. The van der Waals surface area contributed by atoms with Crippen molar-refractivity contribution in [2.75, 3.05) is 0 Å². The van der Waals surface area contributed by atoms with Crippen LogP contribution in [0.25, 0.3) is 0 Å². The smallest absolute Gasteiger partial charge is 0.331 e. The highest BCUT2D eigenvalue weighted by atomic mass is 16.6. The van der Waals surface area contributed by atoms with Crippen molar-refractivity contribution in [1.29, 1.82) is 0 Å². The maximum atomic E-state index is 14.0. The fourth-order valence-electron chi connectivity index (χ4n) is 5.13. The van der Waals surface area contributed by atoms with E-state index in [1.165, 1.54) is 11.6 Å². The van der Waals surface area contributed by atoms with Gasteiger partial charge in [0.25, 0.3) is 0 Å². The molecule has 1 saturated heterocycles. The molecule has 0 bridgehead atoms. The quantitative estimate of drug-likeness (QED) is 0.191. The van der Waals surface area contributed by atoms with E-state index in [-0.39, 0.29) is 5.78 Å². The van der Waals surface area contributed by atoms with Crippen LogP contribution < -0.4 is 0 Å². The molecule has 202 valence electrons. The topological polar surface area (TPSA) is 76.1 Å². The van der Waals surface area contributed by atoms with Crippen molar-refractivity contribution >= 4 is 11.8 Å².